The maximum atomic E-state index is 12.2. The molecule has 0 unspecified atom stereocenters. The van der Waals surface area contributed by atoms with Crippen LogP contribution in [0.25, 0.3) is 11.1 Å². The summed E-state index contributed by atoms with van der Waals surface area (Å²) in [5.41, 5.74) is 3.33. The lowest BCUT2D eigenvalue weighted by Gasteiger charge is -2.12. The van der Waals surface area contributed by atoms with E-state index < -0.39 is 17.8 Å². The first-order valence-electron chi connectivity index (χ1n) is 8.46. The van der Waals surface area contributed by atoms with Gasteiger partial charge in [-0.1, -0.05) is 71.8 Å². The second-order valence-electron chi connectivity index (χ2n) is 6.15. The minimum absolute atomic E-state index is 0.0392. The summed E-state index contributed by atoms with van der Waals surface area (Å²) in [7, 11) is 0. The molecule has 0 saturated carbocycles. The van der Waals surface area contributed by atoms with E-state index in [0.717, 1.165) is 16.7 Å². The third-order valence-electron chi connectivity index (χ3n) is 4.36. The van der Waals surface area contributed by atoms with Crippen molar-refractivity contribution < 1.29 is 19.2 Å². The second kappa shape index (κ2) is 6.88. The molecule has 0 N–H and O–H groups in total. The van der Waals surface area contributed by atoms with Gasteiger partial charge >= 0.3 is 5.97 Å². The minimum Gasteiger partial charge on any atom is -0.329 e. The number of hydrogen-bond donors (Lipinski definition) is 0. The van der Waals surface area contributed by atoms with Crippen LogP contribution in [-0.2, 0) is 16.1 Å². The van der Waals surface area contributed by atoms with Crippen molar-refractivity contribution in [2.75, 3.05) is 0 Å². The largest absolute Gasteiger partial charge is 0.337 e. The Morgan fingerprint density at radius 3 is 1.81 bits per heavy atom. The molecule has 0 spiro atoms. The summed E-state index contributed by atoms with van der Waals surface area (Å²) in [4.78, 5) is 41.7. The molecule has 1 heterocycles. The molecule has 27 heavy (non-hydrogen) atoms. The van der Waals surface area contributed by atoms with Crippen molar-refractivity contribution in [3.8, 4) is 11.1 Å². The number of fused-ring (bicyclic) bond motifs is 1. The Kier molecular flexibility index (Phi) is 4.26. The number of benzene rings is 3. The van der Waals surface area contributed by atoms with E-state index in [9.17, 15) is 14.4 Å². The maximum Gasteiger partial charge on any atom is 0.337 e. The first kappa shape index (κ1) is 16.7. The average molecular weight is 357 g/mol. The molecular weight excluding hydrogens is 342 g/mol. The number of rotatable bonds is 4. The van der Waals surface area contributed by atoms with Crippen LogP contribution >= 0.6 is 0 Å². The molecule has 0 radical (unpaired) electrons. The average Bonchev–Trinajstić information content (AvgIpc) is 2.94. The van der Waals surface area contributed by atoms with Crippen LogP contribution in [0.3, 0.4) is 0 Å². The van der Waals surface area contributed by atoms with Crippen LogP contribution in [0, 0.1) is 0 Å². The van der Waals surface area contributed by atoms with Gasteiger partial charge in [-0.15, -0.1) is 0 Å². The number of imide groups is 1. The zero-order valence-corrected chi connectivity index (χ0v) is 14.3. The van der Waals surface area contributed by atoms with Gasteiger partial charge in [-0.2, -0.15) is 0 Å². The van der Waals surface area contributed by atoms with E-state index in [2.05, 4.69) is 0 Å². The Morgan fingerprint density at radius 2 is 1.22 bits per heavy atom. The van der Waals surface area contributed by atoms with Crippen molar-refractivity contribution in [2.45, 2.75) is 6.42 Å². The smallest absolute Gasteiger partial charge is 0.329 e. The Balaban J connectivity index is 1.43. The van der Waals surface area contributed by atoms with Gasteiger partial charge in [-0.25, -0.2) is 4.79 Å². The number of carbonyl (C=O) groups excluding carboxylic acids is 3. The highest BCUT2D eigenvalue weighted by Crippen LogP contribution is 2.23. The van der Waals surface area contributed by atoms with Crippen LogP contribution in [0.5, 0.6) is 0 Å². The number of nitrogens with zero attached hydrogens (tertiary/aromatic N) is 1. The van der Waals surface area contributed by atoms with Gasteiger partial charge in [0.15, 0.2) is 0 Å². The zero-order valence-electron chi connectivity index (χ0n) is 14.3. The molecule has 3 aromatic carbocycles. The van der Waals surface area contributed by atoms with E-state index in [1.807, 2.05) is 54.6 Å². The van der Waals surface area contributed by atoms with Crippen LogP contribution in [-0.4, -0.2) is 22.8 Å². The molecule has 2 amide bonds. The molecule has 5 nitrogen and oxygen atoms in total. The number of hydrogen-bond acceptors (Lipinski definition) is 4. The first-order valence-corrected chi connectivity index (χ1v) is 8.46. The summed E-state index contributed by atoms with van der Waals surface area (Å²) < 4.78 is 0. The van der Waals surface area contributed by atoms with Gasteiger partial charge in [-0.05, 0) is 28.8 Å². The van der Waals surface area contributed by atoms with E-state index in [-0.39, 0.29) is 17.5 Å². The SMILES string of the molecule is O=C(Cc1ccc(-c2ccccc2)cc1)ON1C(=O)c2ccccc2C1=O. The lowest BCUT2D eigenvalue weighted by atomic mass is 10.0. The van der Waals surface area contributed by atoms with Gasteiger partial charge < -0.3 is 4.84 Å². The highest BCUT2D eigenvalue weighted by Gasteiger charge is 2.38. The lowest BCUT2D eigenvalue weighted by molar-refractivity contribution is -0.167. The van der Waals surface area contributed by atoms with Crippen molar-refractivity contribution in [2.24, 2.45) is 0 Å². The summed E-state index contributed by atoms with van der Waals surface area (Å²) >= 11 is 0. The van der Waals surface area contributed by atoms with Crippen LogP contribution in [0.1, 0.15) is 26.3 Å². The molecule has 3 aromatic rings. The standard InChI is InChI=1S/C22H15NO4/c24-20(27-23-21(25)18-8-4-5-9-19(18)22(23)26)14-15-10-12-17(13-11-15)16-6-2-1-3-7-16/h1-13H,14H2. The van der Waals surface area contributed by atoms with Crippen LogP contribution in [0.2, 0.25) is 0 Å². The Hall–Kier alpha value is -3.73. The van der Waals surface area contributed by atoms with Crippen LogP contribution in [0.15, 0.2) is 78.9 Å². The van der Waals surface area contributed by atoms with Crippen LogP contribution in [0.4, 0.5) is 0 Å². The Morgan fingerprint density at radius 1 is 0.704 bits per heavy atom. The Bertz CT molecular complexity index is 991. The molecular formula is C22H15NO4. The van der Waals surface area contributed by atoms with E-state index in [0.29, 0.717) is 5.06 Å². The second-order valence-corrected chi connectivity index (χ2v) is 6.15. The quantitative estimate of drug-likeness (QED) is 0.669. The molecule has 4 rings (SSSR count). The molecule has 0 aliphatic carbocycles. The molecule has 0 aromatic heterocycles. The van der Waals surface area contributed by atoms with Gasteiger partial charge in [-0.3, -0.25) is 9.59 Å². The third-order valence-corrected chi connectivity index (χ3v) is 4.36. The van der Waals surface area contributed by atoms with Crippen molar-refractivity contribution in [1.29, 1.82) is 0 Å². The third kappa shape index (κ3) is 3.22. The van der Waals surface area contributed by atoms with Gasteiger partial charge in [0, 0.05) is 0 Å². The molecule has 0 fully saturated rings. The number of hydroxylamine groups is 2. The number of carbonyl (C=O) groups is 3. The Labute approximate surface area is 155 Å². The normalized spacial score (nSPS) is 12.8. The molecule has 5 heteroatoms. The monoisotopic (exact) mass is 357 g/mol. The van der Waals surface area contributed by atoms with E-state index in [1.165, 1.54) is 12.1 Å². The van der Waals surface area contributed by atoms with Gasteiger partial charge in [0.05, 0.1) is 17.5 Å². The first-order chi connectivity index (χ1) is 13.1. The van der Waals surface area contributed by atoms with Gasteiger partial charge in [0.1, 0.15) is 0 Å². The summed E-state index contributed by atoms with van der Waals surface area (Å²) in [6.45, 7) is 0. The van der Waals surface area contributed by atoms with E-state index >= 15 is 0 Å². The van der Waals surface area contributed by atoms with Crippen molar-refractivity contribution in [1.82, 2.24) is 5.06 Å². The predicted molar refractivity (Wildman–Crippen MR) is 98.6 cm³/mol. The topological polar surface area (TPSA) is 63.7 Å². The fourth-order valence-electron chi connectivity index (χ4n) is 3.00. The molecule has 0 bridgehead atoms. The number of amides is 2. The zero-order chi connectivity index (χ0) is 18.8. The molecule has 132 valence electrons. The molecule has 0 atom stereocenters. The molecule has 1 aliphatic heterocycles. The predicted octanol–water partition coefficient (Wildman–Crippen LogP) is 3.65. The van der Waals surface area contributed by atoms with Gasteiger partial charge in [0.25, 0.3) is 11.8 Å². The van der Waals surface area contributed by atoms with E-state index in [4.69, 9.17) is 4.84 Å². The lowest BCUT2D eigenvalue weighted by Crippen LogP contribution is -2.33. The summed E-state index contributed by atoms with van der Waals surface area (Å²) in [5.74, 6) is -1.91. The summed E-state index contributed by atoms with van der Waals surface area (Å²) in [6, 6.07) is 23.7. The summed E-state index contributed by atoms with van der Waals surface area (Å²) in [5, 5.41) is 0.533. The van der Waals surface area contributed by atoms with Gasteiger partial charge in [0.2, 0.25) is 0 Å². The van der Waals surface area contributed by atoms with Crippen molar-refractivity contribution in [3.05, 3.63) is 95.6 Å². The highest BCUT2D eigenvalue weighted by atomic mass is 16.7. The van der Waals surface area contributed by atoms with Crippen molar-refractivity contribution in [3.63, 3.8) is 0 Å². The fourth-order valence-corrected chi connectivity index (χ4v) is 3.00. The molecule has 1 aliphatic rings. The van der Waals surface area contributed by atoms with Crippen LogP contribution < -0.4 is 0 Å². The molecule has 0 saturated heterocycles. The minimum atomic E-state index is -0.669. The van der Waals surface area contributed by atoms with Crippen molar-refractivity contribution >= 4 is 17.8 Å². The maximum absolute atomic E-state index is 12.2. The summed E-state index contributed by atoms with van der Waals surface area (Å²) in [6.07, 6.45) is -0.0392. The highest BCUT2D eigenvalue weighted by molar-refractivity contribution is 6.20. The van der Waals surface area contributed by atoms with E-state index in [1.54, 1.807) is 12.1 Å². The fraction of sp³-hybridized carbons (Fsp3) is 0.0455.